The van der Waals surface area contributed by atoms with Crippen LogP contribution < -0.4 is 5.32 Å². The van der Waals surface area contributed by atoms with E-state index in [1.165, 1.54) is 6.07 Å². The third-order valence-electron chi connectivity index (χ3n) is 3.37. The van der Waals surface area contributed by atoms with Crippen LogP contribution in [0.1, 0.15) is 25.2 Å². The molecule has 0 fully saturated rings. The Morgan fingerprint density at radius 1 is 1.04 bits per heavy atom. The van der Waals surface area contributed by atoms with Crippen molar-refractivity contribution in [2.75, 3.05) is 18.5 Å². The molecule has 2 N–H and O–H groups in total. The van der Waals surface area contributed by atoms with Crippen LogP contribution in [0.3, 0.4) is 0 Å². The van der Waals surface area contributed by atoms with E-state index in [1.807, 2.05) is 24.3 Å². The molecule has 8 heteroatoms. The molecule has 0 saturated heterocycles. The molecule has 1 atom stereocenters. The third kappa shape index (κ3) is 5.31. The zero-order valence-electron chi connectivity index (χ0n) is 13.9. The predicted molar refractivity (Wildman–Crippen MR) is 107 cm³/mol. The van der Waals surface area contributed by atoms with Gasteiger partial charge in [-0.2, -0.15) is 0 Å². The first kappa shape index (κ1) is 20.5. The Morgan fingerprint density at radius 3 is 2.16 bits per heavy atom. The molecule has 0 spiro atoms. The third-order valence-corrected chi connectivity index (χ3v) is 6.66. The summed E-state index contributed by atoms with van der Waals surface area (Å²) in [5.41, 5.74) is 1.16. The van der Waals surface area contributed by atoms with Gasteiger partial charge in [-0.3, -0.25) is 4.57 Å². The molecule has 2 aromatic rings. The summed E-state index contributed by atoms with van der Waals surface area (Å²) in [5, 5.41) is 13.5. The molecule has 0 heterocycles. The lowest BCUT2D eigenvalue weighted by Gasteiger charge is -2.28. The largest absolute Gasteiger partial charge is 0.508 e. The fourth-order valence-corrected chi connectivity index (χ4v) is 4.91. The van der Waals surface area contributed by atoms with E-state index in [1.54, 1.807) is 26.0 Å². The van der Waals surface area contributed by atoms with Gasteiger partial charge in [-0.1, -0.05) is 31.9 Å². The standard InChI is InChI=1S/C17H20Br2NO4P/c1-3-23-25(22,24-4-2)17(15-11-13(19)7-10-16(15)21)20-14-8-5-12(18)6-9-14/h5-11,17,20-21H,3-4H2,1-2H3. The lowest BCUT2D eigenvalue weighted by Crippen LogP contribution is -2.15. The molecule has 2 rings (SSSR count). The number of aromatic hydroxyl groups is 1. The first-order chi connectivity index (χ1) is 11.9. The first-order valence-electron chi connectivity index (χ1n) is 7.79. The van der Waals surface area contributed by atoms with Crippen LogP contribution in [0.5, 0.6) is 5.75 Å². The van der Waals surface area contributed by atoms with Gasteiger partial charge in [-0.15, -0.1) is 0 Å². The van der Waals surface area contributed by atoms with Crippen molar-refractivity contribution in [2.24, 2.45) is 0 Å². The van der Waals surface area contributed by atoms with Crippen molar-refractivity contribution in [3.63, 3.8) is 0 Å². The maximum Gasteiger partial charge on any atom is 0.357 e. The van der Waals surface area contributed by atoms with Gasteiger partial charge in [0.15, 0.2) is 5.78 Å². The molecule has 0 radical (unpaired) electrons. The average Bonchev–Trinajstić information content (AvgIpc) is 2.57. The molecule has 1 unspecified atom stereocenters. The van der Waals surface area contributed by atoms with Gasteiger partial charge in [0.1, 0.15) is 5.75 Å². The van der Waals surface area contributed by atoms with E-state index in [4.69, 9.17) is 9.05 Å². The van der Waals surface area contributed by atoms with Crippen molar-refractivity contribution in [1.82, 2.24) is 0 Å². The molecular formula is C17H20Br2NO4P. The number of hydrogen-bond acceptors (Lipinski definition) is 5. The summed E-state index contributed by atoms with van der Waals surface area (Å²) < 4.78 is 26.1. The summed E-state index contributed by atoms with van der Waals surface area (Å²) in [6, 6.07) is 12.4. The van der Waals surface area contributed by atoms with Gasteiger partial charge in [0.25, 0.3) is 0 Å². The van der Waals surface area contributed by atoms with Gasteiger partial charge < -0.3 is 19.5 Å². The lowest BCUT2D eigenvalue weighted by atomic mass is 10.2. The fourth-order valence-electron chi connectivity index (χ4n) is 2.32. The zero-order chi connectivity index (χ0) is 18.4. The van der Waals surface area contributed by atoms with Crippen LogP contribution in [0, 0.1) is 0 Å². The number of nitrogens with one attached hydrogen (secondary N) is 1. The minimum Gasteiger partial charge on any atom is -0.508 e. The number of phenols is 1. The van der Waals surface area contributed by atoms with Crippen LogP contribution in [0.2, 0.25) is 0 Å². The van der Waals surface area contributed by atoms with E-state index in [2.05, 4.69) is 37.2 Å². The van der Waals surface area contributed by atoms with Crippen molar-refractivity contribution in [2.45, 2.75) is 19.6 Å². The SMILES string of the molecule is CCOP(=O)(OCC)C(Nc1ccc(Br)cc1)c1cc(Br)ccc1O. The van der Waals surface area contributed by atoms with Crippen LogP contribution in [0.25, 0.3) is 0 Å². The van der Waals surface area contributed by atoms with Crippen molar-refractivity contribution in [3.05, 3.63) is 57.0 Å². The molecule has 2 aromatic carbocycles. The van der Waals surface area contributed by atoms with Crippen LogP contribution in [0.4, 0.5) is 5.69 Å². The van der Waals surface area contributed by atoms with Gasteiger partial charge >= 0.3 is 7.60 Å². The highest BCUT2D eigenvalue weighted by atomic mass is 79.9. The number of rotatable bonds is 8. The minimum atomic E-state index is -3.58. The highest BCUT2D eigenvalue weighted by molar-refractivity contribution is 9.10. The Kier molecular flexibility index (Phi) is 7.52. The van der Waals surface area contributed by atoms with Crippen molar-refractivity contribution in [1.29, 1.82) is 0 Å². The van der Waals surface area contributed by atoms with Gasteiger partial charge in [0.05, 0.1) is 13.2 Å². The summed E-state index contributed by atoms with van der Waals surface area (Å²) in [6.45, 7) is 3.96. The van der Waals surface area contributed by atoms with Gasteiger partial charge in [0.2, 0.25) is 0 Å². The van der Waals surface area contributed by atoms with Gasteiger partial charge in [-0.25, -0.2) is 0 Å². The normalized spacial score (nSPS) is 12.8. The Balaban J connectivity index is 2.51. The monoisotopic (exact) mass is 491 g/mol. The van der Waals surface area contributed by atoms with E-state index in [0.717, 1.165) is 14.6 Å². The molecule has 0 amide bonds. The summed E-state index contributed by atoms with van der Waals surface area (Å²) in [6.07, 6.45) is 0. The van der Waals surface area contributed by atoms with Gasteiger partial charge in [0, 0.05) is 20.2 Å². The molecule has 136 valence electrons. The average molecular weight is 493 g/mol. The second-order valence-corrected chi connectivity index (χ2v) is 9.08. The number of hydrogen-bond donors (Lipinski definition) is 2. The van der Waals surface area contributed by atoms with E-state index < -0.39 is 13.4 Å². The first-order valence-corrected chi connectivity index (χ1v) is 11.0. The number of halogens is 2. The summed E-state index contributed by atoms with van der Waals surface area (Å²) in [4.78, 5) is 0. The highest BCUT2D eigenvalue weighted by Crippen LogP contribution is 2.62. The fraction of sp³-hybridized carbons (Fsp3) is 0.294. The molecule has 0 bridgehead atoms. The molecule has 0 saturated carbocycles. The second kappa shape index (κ2) is 9.19. The minimum absolute atomic E-state index is 0.0115. The Hall–Kier alpha value is -0.850. The zero-order valence-corrected chi connectivity index (χ0v) is 18.0. The molecule has 0 aliphatic carbocycles. The predicted octanol–water partition coefficient (Wildman–Crippen LogP) is 6.29. The number of phenolic OH excluding ortho intramolecular Hbond substituents is 1. The number of benzene rings is 2. The second-order valence-electron chi connectivity index (χ2n) is 5.13. The molecule has 25 heavy (non-hydrogen) atoms. The molecule has 0 aromatic heterocycles. The topological polar surface area (TPSA) is 67.8 Å². The van der Waals surface area contributed by atoms with Crippen molar-refractivity contribution >= 4 is 45.1 Å². The maximum absolute atomic E-state index is 13.4. The van der Waals surface area contributed by atoms with Crippen molar-refractivity contribution in [3.8, 4) is 5.75 Å². The van der Waals surface area contributed by atoms with Crippen molar-refractivity contribution < 1.29 is 18.7 Å². The van der Waals surface area contributed by atoms with E-state index in [0.29, 0.717) is 5.56 Å². The van der Waals surface area contributed by atoms with E-state index in [-0.39, 0.29) is 19.0 Å². The molecule has 5 nitrogen and oxygen atoms in total. The molecule has 0 aliphatic heterocycles. The maximum atomic E-state index is 13.4. The van der Waals surface area contributed by atoms with Crippen LogP contribution in [-0.2, 0) is 13.6 Å². The van der Waals surface area contributed by atoms with Crippen LogP contribution in [-0.4, -0.2) is 18.3 Å². The summed E-state index contributed by atoms with van der Waals surface area (Å²) >= 11 is 6.78. The highest BCUT2D eigenvalue weighted by Gasteiger charge is 2.38. The smallest absolute Gasteiger partial charge is 0.357 e. The number of anilines is 1. The Bertz CT molecular complexity index is 745. The summed E-state index contributed by atoms with van der Waals surface area (Å²) in [7, 11) is -3.58. The van der Waals surface area contributed by atoms with E-state index in [9.17, 15) is 9.67 Å². The summed E-state index contributed by atoms with van der Waals surface area (Å²) in [5.74, 6) is -0.844. The quantitative estimate of drug-likeness (QED) is 0.423. The van der Waals surface area contributed by atoms with Crippen LogP contribution in [0.15, 0.2) is 51.4 Å². The van der Waals surface area contributed by atoms with Gasteiger partial charge in [-0.05, 0) is 56.3 Å². The Morgan fingerprint density at radius 2 is 1.60 bits per heavy atom. The van der Waals surface area contributed by atoms with Crippen LogP contribution >= 0.6 is 39.5 Å². The molecule has 0 aliphatic rings. The lowest BCUT2D eigenvalue weighted by molar-refractivity contribution is 0.213. The van der Waals surface area contributed by atoms with E-state index >= 15 is 0 Å². The Labute approximate surface area is 164 Å². The molecular weight excluding hydrogens is 473 g/mol.